The molecule has 108 valence electrons. The predicted molar refractivity (Wildman–Crippen MR) is 83.1 cm³/mol. The van der Waals surface area contributed by atoms with Crippen LogP contribution in [0.4, 0.5) is 0 Å². The first-order valence-electron chi connectivity index (χ1n) is 7.64. The van der Waals surface area contributed by atoms with Crippen LogP contribution in [0.5, 0.6) is 0 Å². The van der Waals surface area contributed by atoms with Gasteiger partial charge in [0.1, 0.15) is 0 Å². The van der Waals surface area contributed by atoms with E-state index in [0.717, 1.165) is 25.9 Å². The standard InChI is InChI=1S/C16H34N2/c1-8-14(6)13-15(17-7)16(9-2,10-3)18(11-4)12-5/h15,17H,6,8-13H2,1-5,7H3. The van der Waals surface area contributed by atoms with Gasteiger partial charge in [0.25, 0.3) is 0 Å². The van der Waals surface area contributed by atoms with Gasteiger partial charge in [0.2, 0.25) is 0 Å². The fourth-order valence-electron chi connectivity index (χ4n) is 3.26. The second-order valence-electron chi connectivity index (χ2n) is 5.13. The van der Waals surface area contributed by atoms with Gasteiger partial charge in [-0.2, -0.15) is 0 Å². The average molecular weight is 254 g/mol. The molecule has 0 aromatic rings. The molecule has 0 saturated carbocycles. The average Bonchev–Trinajstić information content (AvgIpc) is 2.42. The number of hydrogen-bond donors (Lipinski definition) is 1. The molecular formula is C16H34N2. The largest absolute Gasteiger partial charge is 0.315 e. The molecule has 0 fully saturated rings. The number of rotatable bonds is 10. The van der Waals surface area contributed by atoms with E-state index in [2.05, 4.69) is 58.5 Å². The number of hydrogen-bond acceptors (Lipinski definition) is 2. The van der Waals surface area contributed by atoms with E-state index in [1.54, 1.807) is 0 Å². The molecule has 0 amide bonds. The number of likely N-dealkylation sites (N-methyl/N-ethyl adjacent to an activating group) is 2. The van der Waals surface area contributed by atoms with Gasteiger partial charge >= 0.3 is 0 Å². The zero-order valence-electron chi connectivity index (χ0n) is 13.5. The fraction of sp³-hybridized carbons (Fsp3) is 0.875. The molecule has 1 N–H and O–H groups in total. The van der Waals surface area contributed by atoms with E-state index < -0.39 is 0 Å². The van der Waals surface area contributed by atoms with Crippen molar-refractivity contribution in [2.24, 2.45) is 0 Å². The van der Waals surface area contributed by atoms with Crippen LogP contribution in [0.3, 0.4) is 0 Å². The third kappa shape index (κ3) is 3.83. The molecule has 0 radical (unpaired) electrons. The lowest BCUT2D eigenvalue weighted by atomic mass is 9.79. The number of nitrogens with zero attached hydrogens (tertiary/aromatic N) is 1. The highest BCUT2D eigenvalue weighted by Crippen LogP contribution is 2.31. The Bertz CT molecular complexity index is 227. The summed E-state index contributed by atoms with van der Waals surface area (Å²) in [5.41, 5.74) is 1.61. The highest BCUT2D eigenvalue weighted by atomic mass is 15.2. The Balaban J connectivity index is 5.18. The predicted octanol–water partition coefficient (Wildman–Crippen LogP) is 3.83. The lowest BCUT2D eigenvalue weighted by Crippen LogP contribution is -2.60. The van der Waals surface area contributed by atoms with Crippen LogP contribution < -0.4 is 5.32 Å². The Hall–Kier alpha value is -0.340. The summed E-state index contributed by atoms with van der Waals surface area (Å²) in [6.07, 6.45) is 4.55. The third-order valence-corrected chi connectivity index (χ3v) is 4.61. The summed E-state index contributed by atoms with van der Waals surface area (Å²) in [5, 5.41) is 3.56. The molecule has 0 saturated heterocycles. The molecule has 2 heteroatoms. The van der Waals surface area contributed by atoms with Crippen molar-refractivity contribution in [3.8, 4) is 0 Å². The molecule has 0 rings (SSSR count). The van der Waals surface area contributed by atoms with E-state index in [0.29, 0.717) is 6.04 Å². The van der Waals surface area contributed by atoms with Gasteiger partial charge in [0.15, 0.2) is 0 Å². The van der Waals surface area contributed by atoms with Gasteiger partial charge in [-0.3, -0.25) is 4.90 Å². The van der Waals surface area contributed by atoms with Gasteiger partial charge in [-0.05, 0) is 45.8 Å². The minimum atomic E-state index is 0.260. The smallest absolute Gasteiger partial charge is 0.0360 e. The van der Waals surface area contributed by atoms with Crippen molar-refractivity contribution in [3.63, 3.8) is 0 Å². The fourth-order valence-corrected chi connectivity index (χ4v) is 3.26. The zero-order chi connectivity index (χ0) is 14.2. The van der Waals surface area contributed by atoms with Crippen molar-refractivity contribution in [1.29, 1.82) is 0 Å². The van der Waals surface area contributed by atoms with Crippen LogP contribution in [0.2, 0.25) is 0 Å². The van der Waals surface area contributed by atoms with E-state index in [1.807, 2.05) is 0 Å². The summed E-state index contributed by atoms with van der Waals surface area (Å²) in [5.74, 6) is 0. The maximum Gasteiger partial charge on any atom is 0.0360 e. The second-order valence-corrected chi connectivity index (χ2v) is 5.13. The van der Waals surface area contributed by atoms with Crippen molar-refractivity contribution in [3.05, 3.63) is 12.2 Å². The Kier molecular flexibility index (Phi) is 8.54. The number of nitrogens with one attached hydrogen (secondary N) is 1. The van der Waals surface area contributed by atoms with Crippen LogP contribution in [0.25, 0.3) is 0 Å². The van der Waals surface area contributed by atoms with Gasteiger partial charge in [-0.1, -0.05) is 46.8 Å². The SMILES string of the molecule is C=C(CC)CC(NC)C(CC)(CC)N(CC)CC. The topological polar surface area (TPSA) is 15.3 Å². The highest BCUT2D eigenvalue weighted by molar-refractivity contribution is 5.06. The molecule has 0 aliphatic carbocycles. The van der Waals surface area contributed by atoms with Gasteiger partial charge in [0.05, 0.1) is 0 Å². The molecule has 0 aromatic carbocycles. The second kappa shape index (κ2) is 8.71. The maximum absolute atomic E-state index is 4.20. The summed E-state index contributed by atoms with van der Waals surface area (Å²) in [6, 6.07) is 0.500. The lowest BCUT2D eigenvalue weighted by molar-refractivity contribution is 0.0518. The summed E-state index contributed by atoms with van der Waals surface area (Å²) in [4.78, 5) is 2.62. The van der Waals surface area contributed by atoms with Crippen LogP contribution in [-0.2, 0) is 0 Å². The van der Waals surface area contributed by atoms with Gasteiger partial charge in [-0.15, -0.1) is 0 Å². The summed E-state index contributed by atoms with van der Waals surface area (Å²) in [6.45, 7) is 17.8. The minimum Gasteiger partial charge on any atom is -0.315 e. The Labute approximate surface area is 115 Å². The van der Waals surface area contributed by atoms with Gasteiger partial charge in [0, 0.05) is 11.6 Å². The molecule has 1 atom stereocenters. The normalized spacial score (nSPS) is 13.9. The van der Waals surface area contributed by atoms with Crippen molar-refractivity contribution in [2.75, 3.05) is 20.1 Å². The third-order valence-electron chi connectivity index (χ3n) is 4.61. The molecule has 0 heterocycles. The van der Waals surface area contributed by atoms with Crippen molar-refractivity contribution >= 4 is 0 Å². The highest BCUT2D eigenvalue weighted by Gasteiger charge is 2.38. The molecule has 18 heavy (non-hydrogen) atoms. The van der Waals surface area contributed by atoms with E-state index in [-0.39, 0.29) is 5.54 Å². The molecule has 0 aliphatic rings. The summed E-state index contributed by atoms with van der Waals surface area (Å²) in [7, 11) is 2.09. The van der Waals surface area contributed by atoms with Crippen molar-refractivity contribution < 1.29 is 0 Å². The monoisotopic (exact) mass is 254 g/mol. The van der Waals surface area contributed by atoms with Crippen molar-refractivity contribution in [1.82, 2.24) is 10.2 Å². The maximum atomic E-state index is 4.20. The summed E-state index contributed by atoms with van der Waals surface area (Å²) < 4.78 is 0. The van der Waals surface area contributed by atoms with Crippen LogP contribution in [0.15, 0.2) is 12.2 Å². The van der Waals surface area contributed by atoms with Gasteiger partial charge < -0.3 is 5.32 Å². The van der Waals surface area contributed by atoms with E-state index in [9.17, 15) is 0 Å². The minimum absolute atomic E-state index is 0.260. The van der Waals surface area contributed by atoms with Crippen LogP contribution in [-0.4, -0.2) is 36.6 Å². The first kappa shape index (κ1) is 17.7. The molecule has 0 bridgehead atoms. The molecule has 1 unspecified atom stereocenters. The quantitative estimate of drug-likeness (QED) is 0.596. The molecular weight excluding hydrogens is 220 g/mol. The summed E-state index contributed by atoms with van der Waals surface area (Å²) >= 11 is 0. The van der Waals surface area contributed by atoms with Crippen LogP contribution in [0, 0.1) is 0 Å². The Morgan fingerprint density at radius 2 is 1.61 bits per heavy atom. The molecule has 0 spiro atoms. The molecule has 0 aliphatic heterocycles. The van der Waals surface area contributed by atoms with Crippen LogP contribution >= 0.6 is 0 Å². The molecule has 0 aromatic heterocycles. The first-order chi connectivity index (χ1) is 8.55. The van der Waals surface area contributed by atoms with E-state index in [1.165, 1.54) is 18.4 Å². The van der Waals surface area contributed by atoms with Crippen molar-refractivity contribution in [2.45, 2.75) is 71.9 Å². The Morgan fingerprint density at radius 1 is 1.11 bits per heavy atom. The van der Waals surface area contributed by atoms with Gasteiger partial charge in [-0.25, -0.2) is 0 Å². The molecule has 2 nitrogen and oxygen atoms in total. The van der Waals surface area contributed by atoms with Crippen LogP contribution in [0.1, 0.15) is 60.3 Å². The van der Waals surface area contributed by atoms with E-state index in [4.69, 9.17) is 0 Å². The first-order valence-corrected chi connectivity index (χ1v) is 7.64. The Morgan fingerprint density at radius 3 is 1.89 bits per heavy atom. The zero-order valence-corrected chi connectivity index (χ0v) is 13.5. The van der Waals surface area contributed by atoms with E-state index >= 15 is 0 Å². The lowest BCUT2D eigenvalue weighted by Gasteiger charge is -2.48.